The maximum absolute atomic E-state index is 12.5. The molecule has 0 saturated carbocycles. The van der Waals surface area contributed by atoms with Crippen LogP contribution in [0.3, 0.4) is 0 Å². The number of nitrogens with zero attached hydrogens (tertiary/aromatic N) is 3. The summed E-state index contributed by atoms with van der Waals surface area (Å²) in [5.74, 6) is -0.648. The number of anilines is 2. The maximum atomic E-state index is 12.5. The number of amides is 1. The summed E-state index contributed by atoms with van der Waals surface area (Å²) >= 11 is 0. The van der Waals surface area contributed by atoms with Gasteiger partial charge in [0.05, 0.1) is 47.6 Å². The Hall–Kier alpha value is -4.63. The minimum absolute atomic E-state index is 0.0850. The molecular formula is C28H29N5O4. The second-order valence-corrected chi connectivity index (χ2v) is 8.86. The highest BCUT2D eigenvalue weighted by atomic mass is 16.5. The first-order chi connectivity index (χ1) is 17.7. The summed E-state index contributed by atoms with van der Waals surface area (Å²) < 4.78 is 4.81. The van der Waals surface area contributed by atoms with Gasteiger partial charge in [0.25, 0.3) is 0 Å². The van der Waals surface area contributed by atoms with Crippen LogP contribution in [0.15, 0.2) is 71.7 Å². The average Bonchev–Trinajstić information content (AvgIpc) is 3.21. The van der Waals surface area contributed by atoms with Crippen molar-refractivity contribution >= 4 is 45.6 Å². The van der Waals surface area contributed by atoms with E-state index in [2.05, 4.69) is 4.98 Å². The van der Waals surface area contributed by atoms with Crippen LogP contribution < -0.4 is 10.6 Å². The zero-order valence-electron chi connectivity index (χ0n) is 21.1. The largest absolute Gasteiger partial charge is 0.494 e. The fraction of sp³-hybridized carbons (Fsp3) is 0.179. The van der Waals surface area contributed by atoms with Gasteiger partial charge in [-0.05, 0) is 44.4 Å². The first kappa shape index (κ1) is 25.5. The monoisotopic (exact) mass is 499 g/mol. The van der Waals surface area contributed by atoms with Gasteiger partial charge in [-0.3, -0.25) is 4.79 Å². The third-order valence-electron chi connectivity index (χ3n) is 5.92. The number of fused-ring (bicyclic) bond motifs is 1. The van der Waals surface area contributed by atoms with E-state index in [-0.39, 0.29) is 18.3 Å². The molecule has 190 valence electrons. The number of aromatic nitrogens is 1. The van der Waals surface area contributed by atoms with Gasteiger partial charge in [-0.15, -0.1) is 0 Å². The molecule has 4 aromatic rings. The summed E-state index contributed by atoms with van der Waals surface area (Å²) in [6.45, 7) is 0.255. The van der Waals surface area contributed by atoms with Crippen LogP contribution >= 0.6 is 0 Å². The molecule has 0 atom stereocenters. The Kier molecular flexibility index (Phi) is 7.26. The Labute approximate surface area is 214 Å². The van der Waals surface area contributed by atoms with E-state index in [0.29, 0.717) is 44.8 Å². The second-order valence-electron chi connectivity index (χ2n) is 8.86. The lowest BCUT2D eigenvalue weighted by atomic mass is 10.00. The van der Waals surface area contributed by atoms with E-state index in [1.807, 2.05) is 44.4 Å². The van der Waals surface area contributed by atoms with Crippen molar-refractivity contribution in [3.8, 4) is 5.88 Å². The molecule has 4 N–H and O–H groups in total. The summed E-state index contributed by atoms with van der Waals surface area (Å²) in [7, 11) is 6.66. The lowest BCUT2D eigenvalue weighted by Gasteiger charge is -2.21. The molecule has 1 amide bonds. The average molecular weight is 500 g/mol. The van der Waals surface area contributed by atoms with Crippen molar-refractivity contribution in [2.75, 3.05) is 45.4 Å². The molecule has 0 aliphatic carbocycles. The highest BCUT2D eigenvalue weighted by molar-refractivity contribution is 6.22. The highest BCUT2D eigenvalue weighted by Crippen LogP contribution is 2.34. The molecule has 0 fully saturated rings. The van der Waals surface area contributed by atoms with Gasteiger partial charge in [0.1, 0.15) is 0 Å². The lowest BCUT2D eigenvalue weighted by Crippen LogP contribution is -2.35. The number of likely N-dealkylation sites (N-methyl/N-ethyl adjacent to an activating group) is 2. The molecular weight excluding hydrogens is 470 g/mol. The molecule has 0 aliphatic rings. The number of aliphatic imine (C=N–C) groups is 1. The Morgan fingerprint density at radius 1 is 1.00 bits per heavy atom. The number of rotatable bonds is 7. The van der Waals surface area contributed by atoms with E-state index >= 15 is 0 Å². The number of nitrogens with two attached hydrogens (primary N) is 1. The molecule has 0 aliphatic heterocycles. The van der Waals surface area contributed by atoms with Crippen LogP contribution in [0.1, 0.15) is 21.5 Å². The molecule has 9 heteroatoms. The van der Waals surface area contributed by atoms with Crippen LogP contribution in [0.4, 0.5) is 17.1 Å². The lowest BCUT2D eigenvalue weighted by molar-refractivity contribution is -0.118. The third kappa shape index (κ3) is 5.31. The van der Waals surface area contributed by atoms with Crippen LogP contribution in [-0.4, -0.2) is 67.4 Å². The van der Waals surface area contributed by atoms with Crippen molar-refractivity contribution in [2.24, 2.45) is 4.99 Å². The number of ether oxygens (including phenoxy) is 1. The van der Waals surface area contributed by atoms with Gasteiger partial charge < -0.3 is 30.4 Å². The smallest absolute Gasteiger partial charge is 0.337 e. The molecule has 1 heterocycles. The second kappa shape index (κ2) is 10.5. The van der Waals surface area contributed by atoms with E-state index in [1.54, 1.807) is 48.3 Å². The molecule has 0 bridgehead atoms. The molecule has 0 unspecified atom stereocenters. The molecule has 9 nitrogen and oxygen atoms in total. The van der Waals surface area contributed by atoms with Crippen LogP contribution in [0, 0.1) is 0 Å². The van der Waals surface area contributed by atoms with Gasteiger partial charge in [-0.25, -0.2) is 9.79 Å². The molecule has 0 spiro atoms. The summed E-state index contributed by atoms with van der Waals surface area (Å²) in [6, 6.07) is 19.7. The van der Waals surface area contributed by atoms with E-state index in [0.717, 1.165) is 5.56 Å². The number of hydrogen-bond acceptors (Lipinski definition) is 7. The number of carbonyl (C=O) groups excluding carboxylic acids is 2. The molecule has 37 heavy (non-hydrogen) atoms. The number of esters is 1. The zero-order chi connectivity index (χ0) is 26.7. The van der Waals surface area contributed by atoms with Gasteiger partial charge in [0.15, 0.2) is 5.88 Å². The van der Waals surface area contributed by atoms with Crippen LogP contribution in [0.2, 0.25) is 0 Å². The Bertz CT molecular complexity index is 1490. The quantitative estimate of drug-likeness (QED) is 0.201. The topological polar surface area (TPSA) is 124 Å². The highest BCUT2D eigenvalue weighted by Gasteiger charge is 2.20. The van der Waals surface area contributed by atoms with E-state index in [4.69, 9.17) is 15.5 Å². The first-order valence-corrected chi connectivity index (χ1v) is 11.6. The van der Waals surface area contributed by atoms with E-state index in [1.165, 1.54) is 12.0 Å². The predicted octanol–water partition coefficient (Wildman–Crippen LogP) is 3.94. The number of H-pyrrole nitrogens is 1. The number of benzene rings is 3. The third-order valence-corrected chi connectivity index (χ3v) is 5.92. The van der Waals surface area contributed by atoms with Gasteiger partial charge >= 0.3 is 5.97 Å². The minimum Gasteiger partial charge on any atom is -0.494 e. The molecule has 0 saturated heterocycles. The summed E-state index contributed by atoms with van der Waals surface area (Å²) in [5, 5.41) is 11.6. The number of carbonyl (C=O) groups is 2. The van der Waals surface area contributed by atoms with Gasteiger partial charge in [0.2, 0.25) is 5.91 Å². The van der Waals surface area contributed by atoms with Gasteiger partial charge in [-0.1, -0.05) is 36.4 Å². The minimum atomic E-state index is -0.473. The Balaban J connectivity index is 1.82. The van der Waals surface area contributed by atoms with E-state index in [9.17, 15) is 14.7 Å². The summed E-state index contributed by atoms with van der Waals surface area (Å²) in [6.07, 6.45) is 0. The molecule has 1 aromatic heterocycles. The summed E-state index contributed by atoms with van der Waals surface area (Å²) in [4.78, 5) is 35.6. The molecule has 0 radical (unpaired) electrons. The molecule has 3 aromatic carbocycles. The number of nitrogens with one attached hydrogen (secondary N) is 1. The Morgan fingerprint density at radius 2 is 1.73 bits per heavy atom. The Morgan fingerprint density at radius 3 is 2.38 bits per heavy atom. The number of hydrogen-bond donors (Lipinski definition) is 3. The number of aromatic amines is 1. The van der Waals surface area contributed by atoms with Crippen molar-refractivity contribution < 1.29 is 19.4 Å². The number of aromatic hydroxyl groups is 1. The van der Waals surface area contributed by atoms with Crippen molar-refractivity contribution in [2.45, 2.75) is 0 Å². The fourth-order valence-electron chi connectivity index (χ4n) is 4.09. The van der Waals surface area contributed by atoms with Crippen molar-refractivity contribution in [3.63, 3.8) is 0 Å². The zero-order valence-corrected chi connectivity index (χ0v) is 21.1. The number of nitrogen functional groups attached to an aromatic ring is 1. The fourth-order valence-corrected chi connectivity index (χ4v) is 4.09. The van der Waals surface area contributed by atoms with Crippen LogP contribution in [0.5, 0.6) is 5.88 Å². The van der Waals surface area contributed by atoms with Crippen LogP contribution in [-0.2, 0) is 9.53 Å². The van der Waals surface area contributed by atoms with E-state index < -0.39 is 5.97 Å². The molecule has 4 rings (SSSR count). The SMILES string of the molecule is COC(=O)c1ccc2c(C(=Nc3ccc(N(C)C(=O)CN(C)C)c(N)c3)c3ccccc3)c(O)[nH]c2c1. The van der Waals surface area contributed by atoms with Crippen molar-refractivity contribution in [1.82, 2.24) is 9.88 Å². The van der Waals surface area contributed by atoms with Crippen molar-refractivity contribution in [3.05, 3.63) is 83.4 Å². The van der Waals surface area contributed by atoms with Crippen molar-refractivity contribution in [1.29, 1.82) is 0 Å². The van der Waals surface area contributed by atoms with Gasteiger partial charge in [-0.2, -0.15) is 0 Å². The predicted molar refractivity (Wildman–Crippen MR) is 146 cm³/mol. The normalized spacial score (nSPS) is 11.6. The van der Waals surface area contributed by atoms with Crippen LogP contribution in [0.25, 0.3) is 10.9 Å². The van der Waals surface area contributed by atoms with Gasteiger partial charge in [0, 0.05) is 23.5 Å². The maximum Gasteiger partial charge on any atom is 0.337 e. The standard InChI is InChI=1S/C28H29N5O4/c1-32(2)16-24(34)33(3)23-13-11-19(15-21(23)29)30-26(17-8-6-5-7-9-17)25-20-12-10-18(28(36)37-4)14-22(20)31-27(25)35/h5-15,31,35H,16,29H2,1-4H3. The summed E-state index contributed by atoms with van der Waals surface area (Å²) in [5.41, 5.74) is 10.6. The first-order valence-electron chi connectivity index (χ1n) is 11.6. The number of methoxy groups -OCH3 is 1.